The molecule has 1 aromatic rings. The molecule has 0 saturated carbocycles. The van der Waals surface area contributed by atoms with Crippen molar-refractivity contribution >= 4 is 17.4 Å². The van der Waals surface area contributed by atoms with E-state index in [9.17, 15) is 0 Å². The monoisotopic (exact) mass is 270 g/mol. The summed E-state index contributed by atoms with van der Waals surface area (Å²) in [7, 11) is 0. The molecule has 18 heavy (non-hydrogen) atoms. The molecule has 0 heterocycles. The second-order valence-corrected chi connectivity index (χ2v) is 4.93. The van der Waals surface area contributed by atoms with E-state index in [2.05, 4.69) is 19.0 Å². The fourth-order valence-electron chi connectivity index (χ4n) is 1.38. The maximum absolute atomic E-state index is 8.57. The van der Waals surface area contributed by atoms with E-state index in [0.29, 0.717) is 23.1 Å². The standard InChI is InChI=1S/C13H19ClN2O2/c1-9(2)5-6-18-8-11-4-3-10(7-12(11)14)13(15)16-17/h3-4,7,9,17H,5-6,8H2,1-2H3,(H2,15,16). The van der Waals surface area contributed by atoms with Crippen molar-refractivity contribution in [1.82, 2.24) is 0 Å². The van der Waals surface area contributed by atoms with Crippen molar-refractivity contribution in [2.45, 2.75) is 26.9 Å². The number of nitrogens with two attached hydrogens (primary N) is 1. The van der Waals surface area contributed by atoms with Crippen molar-refractivity contribution < 1.29 is 9.94 Å². The second-order valence-electron chi connectivity index (χ2n) is 4.53. The summed E-state index contributed by atoms with van der Waals surface area (Å²) < 4.78 is 5.54. The highest BCUT2D eigenvalue weighted by Crippen LogP contribution is 2.19. The number of nitrogens with zero attached hydrogens (tertiary/aromatic N) is 1. The van der Waals surface area contributed by atoms with Crippen molar-refractivity contribution in [2.75, 3.05) is 6.61 Å². The van der Waals surface area contributed by atoms with Crippen LogP contribution in [0, 0.1) is 5.92 Å². The fourth-order valence-corrected chi connectivity index (χ4v) is 1.62. The first-order chi connectivity index (χ1) is 8.54. The minimum Gasteiger partial charge on any atom is -0.409 e. The van der Waals surface area contributed by atoms with Gasteiger partial charge in [0.1, 0.15) is 0 Å². The molecule has 1 aromatic carbocycles. The van der Waals surface area contributed by atoms with E-state index in [4.69, 9.17) is 27.3 Å². The zero-order valence-corrected chi connectivity index (χ0v) is 11.4. The molecule has 0 aliphatic heterocycles. The maximum Gasteiger partial charge on any atom is 0.170 e. The molecule has 0 bridgehead atoms. The highest BCUT2D eigenvalue weighted by Gasteiger charge is 2.05. The Labute approximate surface area is 112 Å². The van der Waals surface area contributed by atoms with Gasteiger partial charge < -0.3 is 15.7 Å². The van der Waals surface area contributed by atoms with Gasteiger partial charge in [-0.3, -0.25) is 0 Å². The van der Waals surface area contributed by atoms with Crippen LogP contribution in [0.3, 0.4) is 0 Å². The summed E-state index contributed by atoms with van der Waals surface area (Å²) in [6, 6.07) is 5.24. The number of hydrogen-bond donors (Lipinski definition) is 2. The van der Waals surface area contributed by atoms with Crippen LogP contribution >= 0.6 is 11.6 Å². The fraction of sp³-hybridized carbons (Fsp3) is 0.462. The summed E-state index contributed by atoms with van der Waals surface area (Å²) in [5.74, 6) is 0.674. The van der Waals surface area contributed by atoms with Gasteiger partial charge in [-0.1, -0.05) is 42.7 Å². The number of amidine groups is 1. The third-order valence-corrected chi connectivity index (χ3v) is 2.91. The van der Waals surface area contributed by atoms with E-state index in [1.54, 1.807) is 12.1 Å². The van der Waals surface area contributed by atoms with E-state index in [-0.39, 0.29) is 5.84 Å². The van der Waals surface area contributed by atoms with Gasteiger partial charge >= 0.3 is 0 Å². The lowest BCUT2D eigenvalue weighted by atomic mass is 10.1. The third kappa shape index (κ3) is 4.55. The smallest absolute Gasteiger partial charge is 0.170 e. The third-order valence-electron chi connectivity index (χ3n) is 2.55. The number of oxime groups is 1. The Morgan fingerprint density at radius 3 is 2.78 bits per heavy atom. The zero-order valence-electron chi connectivity index (χ0n) is 10.7. The van der Waals surface area contributed by atoms with Gasteiger partial charge in [0.25, 0.3) is 0 Å². The van der Waals surface area contributed by atoms with E-state index in [1.807, 2.05) is 6.07 Å². The zero-order chi connectivity index (χ0) is 13.5. The summed E-state index contributed by atoms with van der Waals surface area (Å²) in [6.07, 6.45) is 1.03. The summed E-state index contributed by atoms with van der Waals surface area (Å²) >= 11 is 6.10. The first-order valence-corrected chi connectivity index (χ1v) is 6.26. The molecule has 1 rings (SSSR count). The van der Waals surface area contributed by atoms with Crippen molar-refractivity contribution in [3.63, 3.8) is 0 Å². The van der Waals surface area contributed by atoms with Crippen LogP contribution < -0.4 is 5.73 Å². The predicted octanol–water partition coefficient (Wildman–Crippen LogP) is 3.00. The molecule has 5 heteroatoms. The van der Waals surface area contributed by atoms with E-state index < -0.39 is 0 Å². The van der Waals surface area contributed by atoms with Gasteiger partial charge in [0, 0.05) is 17.2 Å². The van der Waals surface area contributed by atoms with E-state index in [1.165, 1.54) is 0 Å². The molecule has 0 aliphatic rings. The number of halogens is 1. The van der Waals surface area contributed by atoms with Gasteiger partial charge in [0.05, 0.1) is 6.61 Å². The molecule has 0 radical (unpaired) electrons. The van der Waals surface area contributed by atoms with Crippen LogP contribution in [-0.2, 0) is 11.3 Å². The van der Waals surface area contributed by atoms with Crippen LogP contribution in [0.1, 0.15) is 31.4 Å². The van der Waals surface area contributed by atoms with E-state index in [0.717, 1.165) is 18.6 Å². The first-order valence-electron chi connectivity index (χ1n) is 5.88. The molecule has 100 valence electrons. The quantitative estimate of drug-likeness (QED) is 0.274. The summed E-state index contributed by atoms with van der Waals surface area (Å²) in [6.45, 7) is 5.50. The molecule has 0 saturated heterocycles. The van der Waals surface area contributed by atoms with Crippen molar-refractivity contribution in [3.05, 3.63) is 34.3 Å². The van der Waals surface area contributed by atoms with Crippen LogP contribution in [0.5, 0.6) is 0 Å². The Bertz CT molecular complexity index is 419. The lowest BCUT2D eigenvalue weighted by Crippen LogP contribution is -2.13. The number of ether oxygens (including phenoxy) is 1. The molecule has 0 spiro atoms. The Morgan fingerprint density at radius 1 is 1.50 bits per heavy atom. The Morgan fingerprint density at radius 2 is 2.22 bits per heavy atom. The Balaban J connectivity index is 2.58. The van der Waals surface area contributed by atoms with Gasteiger partial charge in [-0.2, -0.15) is 0 Å². The molecule has 4 nitrogen and oxygen atoms in total. The highest BCUT2D eigenvalue weighted by atomic mass is 35.5. The molecule has 0 aliphatic carbocycles. The predicted molar refractivity (Wildman–Crippen MR) is 73.1 cm³/mol. The van der Waals surface area contributed by atoms with Crippen LogP contribution in [0.2, 0.25) is 5.02 Å². The first kappa shape index (κ1) is 14.8. The number of hydrogen-bond acceptors (Lipinski definition) is 3. The van der Waals surface area contributed by atoms with Crippen molar-refractivity contribution in [1.29, 1.82) is 0 Å². The second kappa shape index (κ2) is 7.24. The van der Waals surface area contributed by atoms with Crippen LogP contribution in [0.15, 0.2) is 23.4 Å². The molecule has 0 fully saturated rings. The minimum atomic E-state index is 0.0455. The van der Waals surface area contributed by atoms with Crippen LogP contribution in [-0.4, -0.2) is 17.6 Å². The maximum atomic E-state index is 8.57. The Kier molecular flexibility index (Phi) is 5.95. The largest absolute Gasteiger partial charge is 0.409 e. The topological polar surface area (TPSA) is 67.8 Å². The average Bonchev–Trinajstić information content (AvgIpc) is 2.34. The molecule has 0 unspecified atom stereocenters. The van der Waals surface area contributed by atoms with Crippen LogP contribution in [0.4, 0.5) is 0 Å². The van der Waals surface area contributed by atoms with Crippen LogP contribution in [0.25, 0.3) is 0 Å². The molecule has 3 N–H and O–H groups in total. The minimum absolute atomic E-state index is 0.0455. The molecule has 0 atom stereocenters. The lowest BCUT2D eigenvalue weighted by Gasteiger charge is -2.09. The van der Waals surface area contributed by atoms with Crippen molar-refractivity contribution in [2.24, 2.45) is 16.8 Å². The SMILES string of the molecule is CC(C)CCOCc1ccc(/C(N)=N/O)cc1Cl. The number of rotatable bonds is 6. The van der Waals surface area contributed by atoms with Gasteiger partial charge in [-0.15, -0.1) is 0 Å². The van der Waals surface area contributed by atoms with Gasteiger partial charge in [0.15, 0.2) is 5.84 Å². The summed E-state index contributed by atoms with van der Waals surface area (Å²) in [5.41, 5.74) is 6.97. The Hall–Kier alpha value is -1.26. The summed E-state index contributed by atoms with van der Waals surface area (Å²) in [4.78, 5) is 0. The number of benzene rings is 1. The molecular formula is C13H19ClN2O2. The summed E-state index contributed by atoms with van der Waals surface area (Å²) in [5, 5.41) is 12.1. The van der Waals surface area contributed by atoms with E-state index >= 15 is 0 Å². The average molecular weight is 271 g/mol. The normalized spacial score (nSPS) is 12.1. The van der Waals surface area contributed by atoms with Crippen molar-refractivity contribution in [3.8, 4) is 0 Å². The van der Waals surface area contributed by atoms with Gasteiger partial charge in [-0.25, -0.2) is 0 Å². The molecular weight excluding hydrogens is 252 g/mol. The van der Waals surface area contributed by atoms with Gasteiger partial charge in [0.2, 0.25) is 0 Å². The van der Waals surface area contributed by atoms with Gasteiger partial charge in [-0.05, 0) is 24.0 Å². The molecule has 0 aromatic heterocycles. The lowest BCUT2D eigenvalue weighted by molar-refractivity contribution is 0.111. The molecule has 0 amide bonds. The highest BCUT2D eigenvalue weighted by molar-refractivity contribution is 6.31.